The summed E-state index contributed by atoms with van der Waals surface area (Å²) in [5.41, 5.74) is 4.00. The monoisotopic (exact) mass is 356 g/mol. The predicted octanol–water partition coefficient (Wildman–Crippen LogP) is 5.54. The summed E-state index contributed by atoms with van der Waals surface area (Å²) in [7, 11) is 1.51. The Morgan fingerprint density at radius 2 is 1.70 bits per heavy atom. The number of benzene rings is 2. The lowest BCUT2D eigenvalue weighted by atomic mass is 9.99. The van der Waals surface area contributed by atoms with Crippen molar-refractivity contribution in [3.8, 4) is 5.75 Å². The first-order chi connectivity index (χ1) is 9.42. The Morgan fingerprint density at radius 3 is 2.25 bits per heavy atom. The summed E-state index contributed by atoms with van der Waals surface area (Å²) in [6.45, 7) is 4.05. The van der Waals surface area contributed by atoms with Crippen molar-refractivity contribution in [2.75, 3.05) is 7.11 Å². The number of rotatable bonds is 3. The molecule has 0 saturated carbocycles. The van der Waals surface area contributed by atoms with Crippen molar-refractivity contribution in [2.24, 2.45) is 0 Å². The molecule has 0 aliphatic heterocycles. The summed E-state index contributed by atoms with van der Waals surface area (Å²) in [5, 5.41) is -0.388. The van der Waals surface area contributed by atoms with Gasteiger partial charge in [-0.25, -0.2) is 4.39 Å². The fourth-order valence-corrected chi connectivity index (χ4v) is 2.91. The van der Waals surface area contributed by atoms with Crippen molar-refractivity contribution in [2.45, 2.75) is 19.2 Å². The molecule has 1 nitrogen and oxygen atoms in total. The van der Waals surface area contributed by atoms with E-state index >= 15 is 0 Å². The molecular formula is C16H15BrClFO. The van der Waals surface area contributed by atoms with E-state index in [4.69, 9.17) is 16.3 Å². The molecule has 0 N–H and O–H groups in total. The first kappa shape index (κ1) is 15.3. The van der Waals surface area contributed by atoms with E-state index in [0.717, 1.165) is 22.3 Å². The molecule has 1 unspecified atom stereocenters. The normalized spacial score (nSPS) is 12.3. The van der Waals surface area contributed by atoms with Gasteiger partial charge in [0, 0.05) is 11.6 Å². The van der Waals surface area contributed by atoms with E-state index in [2.05, 4.69) is 22.0 Å². The number of hydrogen-bond acceptors (Lipinski definition) is 1. The van der Waals surface area contributed by atoms with Crippen molar-refractivity contribution in [1.29, 1.82) is 0 Å². The summed E-state index contributed by atoms with van der Waals surface area (Å²) >= 11 is 9.75. The van der Waals surface area contributed by atoms with Gasteiger partial charge >= 0.3 is 0 Å². The van der Waals surface area contributed by atoms with Gasteiger partial charge in [0.15, 0.2) is 0 Å². The van der Waals surface area contributed by atoms with Gasteiger partial charge in [-0.2, -0.15) is 0 Å². The van der Waals surface area contributed by atoms with Crippen molar-refractivity contribution in [3.63, 3.8) is 0 Å². The van der Waals surface area contributed by atoms with Crippen molar-refractivity contribution >= 4 is 27.5 Å². The molecule has 0 spiro atoms. The third kappa shape index (κ3) is 3.15. The molecule has 2 aromatic carbocycles. The van der Waals surface area contributed by atoms with E-state index in [1.165, 1.54) is 13.2 Å². The number of methoxy groups -OCH3 is 1. The van der Waals surface area contributed by atoms with Gasteiger partial charge in [-0.3, -0.25) is 0 Å². The number of halogens is 3. The van der Waals surface area contributed by atoms with E-state index in [9.17, 15) is 4.39 Å². The Kier molecular flexibility index (Phi) is 4.71. The highest BCUT2D eigenvalue weighted by molar-refractivity contribution is 9.10. The predicted molar refractivity (Wildman–Crippen MR) is 84.3 cm³/mol. The van der Waals surface area contributed by atoms with Crippen LogP contribution in [-0.4, -0.2) is 7.11 Å². The van der Waals surface area contributed by atoms with E-state index in [0.29, 0.717) is 10.2 Å². The minimum Gasteiger partial charge on any atom is -0.496 e. The number of aryl methyl sites for hydroxylation is 2. The van der Waals surface area contributed by atoms with Crippen LogP contribution in [-0.2, 0) is 0 Å². The molecule has 20 heavy (non-hydrogen) atoms. The summed E-state index contributed by atoms with van der Waals surface area (Å²) in [6.07, 6.45) is 0. The molecule has 0 aliphatic carbocycles. The van der Waals surface area contributed by atoms with Gasteiger partial charge in [-0.15, -0.1) is 11.6 Å². The number of hydrogen-bond donors (Lipinski definition) is 0. The molecule has 0 fully saturated rings. The molecule has 106 valence electrons. The minimum absolute atomic E-state index is 0.366. The van der Waals surface area contributed by atoms with Crippen LogP contribution in [0.2, 0.25) is 0 Å². The van der Waals surface area contributed by atoms with Gasteiger partial charge in [-0.1, -0.05) is 29.3 Å². The van der Waals surface area contributed by atoms with Crippen molar-refractivity contribution < 1.29 is 9.13 Å². The quantitative estimate of drug-likeness (QED) is 0.655. The second kappa shape index (κ2) is 6.15. The maximum atomic E-state index is 13.6. The van der Waals surface area contributed by atoms with Crippen LogP contribution >= 0.6 is 27.5 Å². The van der Waals surface area contributed by atoms with Gasteiger partial charge in [-0.05, 0) is 41.4 Å². The fourth-order valence-electron chi connectivity index (χ4n) is 2.25. The van der Waals surface area contributed by atoms with Gasteiger partial charge in [0.25, 0.3) is 0 Å². The molecule has 2 rings (SSSR count). The first-order valence-corrected chi connectivity index (χ1v) is 7.40. The smallest absolute Gasteiger partial charge is 0.141 e. The molecule has 0 bridgehead atoms. The van der Waals surface area contributed by atoms with Gasteiger partial charge in [0.05, 0.1) is 17.0 Å². The molecule has 0 saturated heterocycles. The highest BCUT2D eigenvalue weighted by Gasteiger charge is 2.18. The van der Waals surface area contributed by atoms with E-state index in [1.807, 2.05) is 26.0 Å². The molecule has 0 heterocycles. The lowest BCUT2D eigenvalue weighted by Gasteiger charge is -2.16. The zero-order chi connectivity index (χ0) is 14.9. The van der Waals surface area contributed by atoms with Crippen molar-refractivity contribution in [1.82, 2.24) is 0 Å². The number of alkyl halides is 1. The second-order valence-electron chi connectivity index (χ2n) is 4.79. The molecule has 0 aromatic heterocycles. The van der Waals surface area contributed by atoms with Crippen LogP contribution in [0.4, 0.5) is 4.39 Å². The SMILES string of the molecule is COc1cc(F)c(Br)cc1C(Cl)c1cc(C)cc(C)c1. The Labute approximate surface area is 131 Å². The van der Waals surface area contributed by atoms with Crippen LogP contribution in [0.25, 0.3) is 0 Å². The van der Waals surface area contributed by atoms with Crippen LogP contribution in [0.5, 0.6) is 5.75 Å². The molecule has 0 radical (unpaired) electrons. The summed E-state index contributed by atoms with van der Waals surface area (Å²) in [6, 6.07) is 9.16. The van der Waals surface area contributed by atoms with Gasteiger partial charge in [0.1, 0.15) is 11.6 Å². The Balaban J connectivity index is 2.52. The second-order valence-corrected chi connectivity index (χ2v) is 6.08. The highest BCUT2D eigenvalue weighted by atomic mass is 79.9. The Hall–Kier alpha value is -1.06. The average molecular weight is 358 g/mol. The lowest BCUT2D eigenvalue weighted by Crippen LogP contribution is -2.00. The standard InChI is InChI=1S/C16H15BrClFO/c1-9-4-10(2)6-11(5-9)16(18)12-7-13(17)14(19)8-15(12)20-3/h4-8,16H,1-3H3. The maximum Gasteiger partial charge on any atom is 0.141 e. The molecule has 4 heteroatoms. The minimum atomic E-state index is -0.388. The third-order valence-corrected chi connectivity index (χ3v) is 4.18. The van der Waals surface area contributed by atoms with Crippen LogP contribution < -0.4 is 4.74 Å². The highest BCUT2D eigenvalue weighted by Crippen LogP contribution is 2.38. The maximum absolute atomic E-state index is 13.6. The van der Waals surface area contributed by atoms with E-state index in [-0.39, 0.29) is 11.2 Å². The molecule has 0 aliphatic rings. The topological polar surface area (TPSA) is 9.23 Å². The van der Waals surface area contributed by atoms with Gasteiger partial charge in [0.2, 0.25) is 0 Å². The molecule has 0 amide bonds. The zero-order valence-corrected chi connectivity index (χ0v) is 13.8. The van der Waals surface area contributed by atoms with Crippen LogP contribution in [0.1, 0.15) is 27.6 Å². The molecular weight excluding hydrogens is 343 g/mol. The zero-order valence-electron chi connectivity index (χ0n) is 11.5. The molecule has 2 aromatic rings. The average Bonchev–Trinajstić information content (AvgIpc) is 2.39. The summed E-state index contributed by atoms with van der Waals surface area (Å²) in [4.78, 5) is 0. The number of ether oxygens (including phenoxy) is 1. The van der Waals surface area contributed by atoms with Crippen LogP contribution in [0.3, 0.4) is 0 Å². The summed E-state index contributed by atoms with van der Waals surface area (Å²) < 4.78 is 19.2. The molecule has 1 atom stereocenters. The Bertz CT molecular complexity index is 622. The Morgan fingerprint density at radius 1 is 1.10 bits per heavy atom. The lowest BCUT2D eigenvalue weighted by molar-refractivity contribution is 0.406. The van der Waals surface area contributed by atoms with E-state index < -0.39 is 0 Å². The van der Waals surface area contributed by atoms with E-state index in [1.54, 1.807) is 6.07 Å². The first-order valence-electron chi connectivity index (χ1n) is 6.17. The van der Waals surface area contributed by atoms with Crippen LogP contribution in [0, 0.1) is 19.7 Å². The summed E-state index contributed by atoms with van der Waals surface area (Å²) in [5.74, 6) is 0.0831. The third-order valence-electron chi connectivity index (χ3n) is 3.08. The fraction of sp³-hybridized carbons (Fsp3) is 0.250. The van der Waals surface area contributed by atoms with Crippen molar-refractivity contribution in [3.05, 3.63) is 62.9 Å². The van der Waals surface area contributed by atoms with Crippen LogP contribution in [0.15, 0.2) is 34.8 Å². The van der Waals surface area contributed by atoms with Gasteiger partial charge < -0.3 is 4.74 Å². The largest absolute Gasteiger partial charge is 0.496 e.